The highest BCUT2D eigenvalue weighted by Gasteiger charge is 2.37. The van der Waals surface area contributed by atoms with Crippen LogP contribution in [0.1, 0.15) is 70.6 Å². The van der Waals surface area contributed by atoms with Crippen molar-refractivity contribution in [3.63, 3.8) is 0 Å². The lowest BCUT2D eigenvalue weighted by molar-refractivity contribution is -0.128. The average Bonchev–Trinajstić information content (AvgIpc) is 3.59. The lowest BCUT2D eigenvalue weighted by Crippen LogP contribution is -2.53. The fraction of sp³-hybridized carbons (Fsp3) is 0.484. The number of aryl methyl sites for hydroxylation is 1. The predicted molar refractivity (Wildman–Crippen MR) is 164 cm³/mol. The second-order valence-electron chi connectivity index (χ2n) is 11.8. The predicted octanol–water partition coefficient (Wildman–Crippen LogP) is 5.17. The molecule has 4 aromatic rings. The van der Waals surface area contributed by atoms with E-state index in [9.17, 15) is 18.8 Å². The van der Waals surface area contributed by atoms with Crippen LogP contribution >= 0.6 is 11.3 Å². The van der Waals surface area contributed by atoms with Crippen LogP contribution in [0.5, 0.6) is 5.75 Å². The van der Waals surface area contributed by atoms with Crippen LogP contribution in [0.4, 0.5) is 4.39 Å². The highest BCUT2D eigenvalue weighted by atomic mass is 32.1. The van der Waals surface area contributed by atoms with Gasteiger partial charge in [-0.05, 0) is 58.7 Å². The summed E-state index contributed by atoms with van der Waals surface area (Å²) in [5.41, 5.74) is -1.83. The Morgan fingerprint density at radius 1 is 1.23 bits per heavy atom. The smallest absolute Gasteiger partial charge is 0.357 e. The van der Waals surface area contributed by atoms with Gasteiger partial charge in [-0.3, -0.25) is 19.0 Å². The van der Waals surface area contributed by atoms with Crippen molar-refractivity contribution in [3.8, 4) is 10.8 Å². The van der Waals surface area contributed by atoms with Gasteiger partial charge in [0.2, 0.25) is 0 Å². The Hall–Kier alpha value is -4.15. The minimum Gasteiger partial charge on any atom is -0.425 e. The van der Waals surface area contributed by atoms with Crippen molar-refractivity contribution >= 4 is 27.3 Å². The summed E-state index contributed by atoms with van der Waals surface area (Å²) < 4.78 is 28.9. The monoisotopic (exact) mass is 622 g/mol. The Labute approximate surface area is 257 Å². The van der Waals surface area contributed by atoms with Crippen LogP contribution in [0, 0.1) is 25.2 Å². The number of rotatable bonds is 12. The van der Waals surface area contributed by atoms with Crippen molar-refractivity contribution in [3.05, 3.63) is 79.8 Å². The van der Waals surface area contributed by atoms with Gasteiger partial charge in [-0.25, -0.2) is 20.3 Å². The van der Waals surface area contributed by atoms with Crippen LogP contribution in [0.2, 0.25) is 0 Å². The minimum absolute atomic E-state index is 0.134. The molecule has 0 amide bonds. The van der Waals surface area contributed by atoms with E-state index in [1.807, 2.05) is 13.8 Å². The van der Waals surface area contributed by atoms with Crippen LogP contribution in [0.25, 0.3) is 20.1 Å². The van der Waals surface area contributed by atoms with E-state index in [-0.39, 0.29) is 48.6 Å². The number of nitrogens with zero attached hydrogens (tertiary/aromatic N) is 6. The zero-order chi connectivity index (χ0) is 31.8. The van der Waals surface area contributed by atoms with Gasteiger partial charge < -0.3 is 9.47 Å². The third kappa shape index (κ3) is 5.84. The van der Waals surface area contributed by atoms with Crippen molar-refractivity contribution in [2.75, 3.05) is 6.73 Å². The zero-order valence-electron chi connectivity index (χ0n) is 25.4. The lowest BCUT2D eigenvalue weighted by Gasteiger charge is -2.31. The number of fused-ring (bicyclic) bond motifs is 1. The summed E-state index contributed by atoms with van der Waals surface area (Å²) in [6, 6.07) is 3.91. The van der Waals surface area contributed by atoms with Gasteiger partial charge in [-0.15, -0.1) is 4.80 Å². The molecule has 0 aliphatic heterocycles. The molecule has 3 heterocycles. The molecule has 5 rings (SSSR count). The minimum atomic E-state index is -1.44. The van der Waals surface area contributed by atoms with E-state index >= 15 is 0 Å². The molecule has 11 nitrogen and oxygen atoms in total. The van der Waals surface area contributed by atoms with Gasteiger partial charge >= 0.3 is 12.4 Å². The van der Waals surface area contributed by atoms with E-state index in [2.05, 4.69) is 15.0 Å². The van der Waals surface area contributed by atoms with Crippen LogP contribution in [-0.4, -0.2) is 42.7 Å². The first-order valence-electron chi connectivity index (χ1n) is 14.5. The van der Waals surface area contributed by atoms with E-state index < -0.39 is 28.7 Å². The van der Waals surface area contributed by atoms with E-state index in [1.54, 1.807) is 20.8 Å². The average molecular weight is 623 g/mol. The lowest BCUT2D eigenvalue weighted by atomic mass is 9.79. The number of hydrogen-bond donors (Lipinski definition) is 0. The van der Waals surface area contributed by atoms with E-state index in [1.165, 1.54) is 51.3 Å². The van der Waals surface area contributed by atoms with Crippen LogP contribution in [0.15, 0.2) is 40.2 Å². The fourth-order valence-electron chi connectivity index (χ4n) is 5.55. The molecule has 3 aromatic heterocycles. The second kappa shape index (κ2) is 12.5. The summed E-state index contributed by atoms with van der Waals surface area (Å²) in [5.74, 6) is -0.249. The first kappa shape index (κ1) is 31.3. The summed E-state index contributed by atoms with van der Waals surface area (Å²) in [6.45, 7) is 15.3. The molecule has 0 radical (unpaired) electrons. The van der Waals surface area contributed by atoms with E-state index in [0.29, 0.717) is 21.0 Å². The molecule has 13 heteroatoms. The first-order valence-corrected chi connectivity index (χ1v) is 15.4. The zero-order valence-corrected chi connectivity index (χ0v) is 26.2. The molecule has 0 spiro atoms. The van der Waals surface area contributed by atoms with Crippen molar-refractivity contribution in [2.45, 2.75) is 84.6 Å². The summed E-state index contributed by atoms with van der Waals surface area (Å²) in [5, 5.41) is 9.26. The normalized spacial score (nSPS) is 14.5. The Morgan fingerprint density at radius 3 is 2.55 bits per heavy atom. The highest BCUT2D eigenvalue weighted by Crippen LogP contribution is 2.36. The molecular weight excluding hydrogens is 587 g/mol. The van der Waals surface area contributed by atoms with E-state index in [4.69, 9.17) is 16.0 Å². The molecule has 1 saturated carbocycles. The molecule has 1 fully saturated rings. The maximum absolute atomic E-state index is 14.6. The molecule has 44 heavy (non-hydrogen) atoms. The first-order chi connectivity index (χ1) is 20.9. The molecule has 1 aliphatic rings. The highest BCUT2D eigenvalue weighted by molar-refractivity contribution is 7.21. The number of aromatic nitrogens is 5. The number of thiophene rings is 1. The maximum atomic E-state index is 14.6. The molecule has 0 unspecified atom stereocenters. The van der Waals surface area contributed by atoms with Gasteiger partial charge in [-0.2, -0.15) is 10.2 Å². The van der Waals surface area contributed by atoms with E-state index in [0.717, 1.165) is 23.8 Å². The molecule has 1 aromatic carbocycles. The number of ether oxygens (including phenoxy) is 2. The molecular formula is C31H35FN6O5S. The number of hydrogen-bond acceptors (Lipinski definition) is 8. The number of Topliss-reactive ketones (excluding diaryl/α,β-unsaturated/α-hetero) is 1. The van der Waals surface area contributed by atoms with Crippen molar-refractivity contribution in [1.29, 1.82) is 0 Å². The van der Waals surface area contributed by atoms with Gasteiger partial charge in [0.15, 0.2) is 5.78 Å². The number of benzene rings is 1. The number of ketones is 1. The molecule has 232 valence electrons. The Morgan fingerprint density at radius 2 is 1.93 bits per heavy atom. The summed E-state index contributed by atoms with van der Waals surface area (Å²) >= 11 is 1.17. The molecule has 0 bridgehead atoms. The maximum Gasteiger partial charge on any atom is 0.357 e. The van der Waals surface area contributed by atoms with Crippen LogP contribution < -0.4 is 16.0 Å². The van der Waals surface area contributed by atoms with Gasteiger partial charge in [-0.1, -0.05) is 30.6 Å². The van der Waals surface area contributed by atoms with Crippen molar-refractivity contribution in [1.82, 2.24) is 24.1 Å². The Kier molecular flexibility index (Phi) is 8.85. The standard InChI is InChI=1S/C31H35FN6O5S/c1-18(2)43-24(22-15-21(32)10-11-23(22)42-17-33-6)16-36-29-26(19(3)28(44-29)38-34-12-13-35-38)27(40)37(30(36)41)31(4,5)25(39)14-20-8-7-9-20/h10-13,15,18,20,24H,7-9,14,16-17H2,1-5H3/t24-/m0/s1. The SMILES string of the molecule is [C-]#[N+]COc1ccc(F)cc1[C@H](Cn1c(=O)n(C(C)(C)C(=O)CC2CCC2)c(=O)c2c(C)c(-n3nccn3)sc21)OC(C)C. The Bertz CT molecular complexity index is 1850. The number of carbonyl (C=O) groups excluding carboxylic acids is 1. The van der Waals surface area contributed by atoms with Crippen molar-refractivity contribution < 1.29 is 18.7 Å². The topological polar surface area (TPSA) is 115 Å². The van der Waals surface area contributed by atoms with Gasteiger partial charge in [0.25, 0.3) is 5.56 Å². The summed E-state index contributed by atoms with van der Waals surface area (Å²) in [7, 11) is 0. The third-order valence-electron chi connectivity index (χ3n) is 8.12. The Balaban J connectivity index is 1.75. The third-order valence-corrected chi connectivity index (χ3v) is 9.40. The van der Waals surface area contributed by atoms with Gasteiger partial charge in [0.05, 0.1) is 30.4 Å². The number of carbonyl (C=O) groups is 1. The summed E-state index contributed by atoms with van der Waals surface area (Å²) in [4.78, 5) is 47.3. The van der Waals surface area contributed by atoms with Gasteiger partial charge in [0, 0.05) is 17.5 Å². The second-order valence-corrected chi connectivity index (χ2v) is 12.8. The van der Waals surface area contributed by atoms with Crippen LogP contribution in [0.3, 0.4) is 0 Å². The van der Waals surface area contributed by atoms with Crippen LogP contribution in [-0.2, 0) is 21.6 Å². The molecule has 0 N–H and O–H groups in total. The molecule has 0 saturated heterocycles. The summed E-state index contributed by atoms with van der Waals surface area (Å²) in [6.07, 6.45) is 5.01. The van der Waals surface area contributed by atoms with Gasteiger partial charge in [0.1, 0.15) is 33.0 Å². The molecule has 1 aliphatic carbocycles. The largest absolute Gasteiger partial charge is 0.425 e. The number of halogens is 1. The quantitative estimate of drug-likeness (QED) is 0.200. The fourth-order valence-corrected chi connectivity index (χ4v) is 6.77. The molecule has 1 atom stereocenters. The van der Waals surface area contributed by atoms with Crippen molar-refractivity contribution in [2.24, 2.45) is 5.92 Å².